The van der Waals surface area contributed by atoms with Gasteiger partial charge in [-0.3, -0.25) is 9.59 Å². The van der Waals surface area contributed by atoms with Crippen molar-refractivity contribution in [3.63, 3.8) is 0 Å². The van der Waals surface area contributed by atoms with E-state index in [0.717, 1.165) is 0 Å². The highest BCUT2D eigenvalue weighted by molar-refractivity contribution is 7.18. The number of amides is 2. The summed E-state index contributed by atoms with van der Waals surface area (Å²) >= 11 is 1.19. The molecule has 0 saturated heterocycles. The van der Waals surface area contributed by atoms with Gasteiger partial charge < -0.3 is 21.3 Å². The van der Waals surface area contributed by atoms with E-state index in [4.69, 9.17) is 5.73 Å². The molecule has 0 spiro atoms. The first-order chi connectivity index (χ1) is 9.22. The van der Waals surface area contributed by atoms with Gasteiger partial charge >= 0.3 is 0 Å². The molecule has 1 atom stereocenters. The minimum absolute atomic E-state index is 0.0238. The van der Waals surface area contributed by atoms with Crippen molar-refractivity contribution in [3.8, 4) is 0 Å². The molecule has 0 fully saturated rings. The molecule has 20 heavy (non-hydrogen) atoms. The van der Waals surface area contributed by atoms with Gasteiger partial charge in [0.1, 0.15) is 16.7 Å². The largest absolute Gasteiger partial charge is 0.382 e. The number of hydrogen-bond acceptors (Lipinski definition) is 6. The first-order valence-corrected chi connectivity index (χ1v) is 7.08. The fourth-order valence-electron chi connectivity index (χ4n) is 1.41. The normalized spacial score (nSPS) is 12.1. The number of thiazole rings is 1. The molecule has 1 unspecified atom stereocenters. The zero-order valence-electron chi connectivity index (χ0n) is 12.4. The summed E-state index contributed by atoms with van der Waals surface area (Å²) in [6, 6.07) is -0.607. The Kier molecular flexibility index (Phi) is 5.32. The molecule has 7 nitrogen and oxygen atoms in total. The van der Waals surface area contributed by atoms with E-state index in [1.807, 2.05) is 27.9 Å². The van der Waals surface area contributed by atoms with Crippen LogP contribution in [0.3, 0.4) is 0 Å². The fourth-order valence-corrected chi connectivity index (χ4v) is 2.22. The third-order valence-electron chi connectivity index (χ3n) is 2.40. The van der Waals surface area contributed by atoms with Gasteiger partial charge in [-0.25, -0.2) is 4.98 Å². The summed E-state index contributed by atoms with van der Waals surface area (Å²) < 4.78 is 0. The molecule has 0 aliphatic heterocycles. The summed E-state index contributed by atoms with van der Waals surface area (Å²) in [4.78, 5) is 30.0. The molecule has 0 aliphatic carbocycles. The molecule has 1 rings (SSSR count). The summed E-state index contributed by atoms with van der Waals surface area (Å²) in [6.07, 6.45) is 0. The van der Waals surface area contributed by atoms with Crippen LogP contribution < -0.4 is 21.3 Å². The van der Waals surface area contributed by atoms with E-state index in [9.17, 15) is 9.59 Å². The molecule has 0 saturated carbocycles. The summed E-state index contributed by atoms with van der Waals surface area (Å²) in [7, 11) is 3.64. The predicted octanol–water partition coefficient (Wildman–Crippen LogP) is 0.434. The topological polar surface area (TPSA) is 100 Å². The highest BCUT2D eigenvalue weighted by atomic mass is 32.1. The maximum absolute atomic E-state index is 12.1. The highest BCUT2D eigenvalue weighted by Gasteiger charge is 2.21. The Bertz CT molecular complexity index is 498. The molecule has 4 N–H and O–H groups in total. The molecule has 8 heteroatoms. The number of hydrogen-bond donors (Lipinski definition) is 3. The quantitative estimate of drug-likeness (QED) is 0.732. The van der Waals surface area contributed by atoms with Crippen LogP contribution in [0.5, 0.6) is 0 Å². The van der Waals surface area contributed by atoms with Crippen LogP contribution in [0.15, 0.2) is 0 Å². The number of nitrogens with zero attached hydrogens (tertiary/aromatic N) is 2. The van der Waals surface area contributed by atoms with Gasteiger partial charge in [0, 0.05) is 20.1 Å². The lowest BCUT2D eigenvalue weighted by atomic mass is 10.2. The van der Waals surface area contributed by atoms with E-state index in [-0.39, 0.29) is 23.7 Å². The number of carbonyl (C=O) groups is 2. The number of carbonyl (C=O) groups excluding carboxylic acids is 2. The van der Waals surface area contributed by atoms with Gasteiger partial charge in [0.15, 0.2) is 5.13 Å². The first kappa shape index (κ1) is 16.2. The molecule has 2 amide bonds. The molecule has 1 heterocycles. The Morgan fingerprint density at radius 1 is 1.25 bits per heavy atom. The van der Waals surface area contributed by atoms with Crippen molar-refractivity contribution in [1.29, 1.82) is 0 Å². The lowest BCUT2D eigenvalue weighted by molar-refractivity contribution is -0.123. The Labute approximate surface area is 122 Å². The number of aromatic nitrogens is 1. The third-order valence-corrected chi connectivity index (χ3v) is 3.64. The second-order valence-electron chi connectivity index (χ2n) is 4.96. The number of nitrogens with two attached hydrogens (primary N) is 1. The molecule has 0 aromatic carbocycles. The second-order valence-corrected chi connectivity index (χ2v) is 5.94. The third kappa shape index (κ3) is 4.09. The predicted molar refractivity (Wildman–Crippen MR) is 81.1 cm³/mol. The van der Waals surface area contributed by atoms with E-state index in [2.05, 4.69) is 15.6 Å². The smallest absolute Gasteiger partial charge is 0.265 e. The number of nitrogens with one attached hydrogen (secondary N) is 2. The second kappa shape index (κ2) is 6.56. The van der Waals surface area contributed by atoms with Gasteiger partial charge in [0.2, 0.25) is 5.91 Å². The Balaban J connectivity index is 2.74. The number of nitrogen functional groups attached to an aromatic ring is 1. The molecule has 112 valence electrons. The summed E-state index contributed by atoms with van der Waals surface area (Å²) in [5, 5.41) is 5.99. The molecule has 0 aliphatic rings. The van der Waals surface area contributed by atoms with Crippen LogP contribution in [0.4, 0.5) is 10.9 Å². The van der Waals surface area contributed by atoms with E-state index in [0.29, 0.717) is 10.0 Å². The van der Waals surface area contributed by atoms with Gasteiger partial charge in [0.05, 0.1) is 0 Å². The molecule has 1 aromatic heterocycles. The van der Waals surface area contributed by atoms with Crippen molar-refractivity contribution in [2.45, 2.75) is 32.9 Å². The van der Waals surface area contributed by atoms with Crippen molar-refractivity contribution in [1.82, 2.24) is 15.6 Å². The molecular weight excluding hydrogens is 278 g/mol. The maximum Gasteiger partial charge on any atom is 0.265 e. The SMILES string of the molecule is CC(C)NC(=O)C(C)NC(=O)c1sc(N(C)C)nc1N. The van der Waals surface area contributed by atoms with Crippen molar-refractivity contribution in [2.75, 3.05) is 24.7 Å². The summed E-state index contributed by atoms with van der Waals surface area (Å²) in [6.45, 7) is 5.34. The monoisotopic (exact) mass is 299 g/mol. The molecule has 0 radical (unpaired) electrons. The van der Waals surface area contributed by atoms with Gasteiger partial charge in [-0.2, -0.15) is 0 Å². The van der Waals surface area contributed by atoms with Gasteiger partial charge in [-0.05, 0) is 20.8 Å². The zero-order chi connectivity index (χ0) is 15.4. The van der Waals surface area contributed by atoms with Crippen LogP contribution in [0.1, 0.15) is 30.4 Å². The van der Waals surface area contributed by atoms with Crippen LogP contribution >= 0.6 is 11.3 Å². The average molecular weight is 299 g/mol. The molecular formula is C12H21N5O2S. The lowest BCUT2D eigenvalue weighted by Gasteiger charge is -2.15. The van der Waals surface area contributed by atoms with E-state index >= 15 is 0 Å². The maximum atomic E-state index is 12.1. The van der Waals surface area contributed by atoms with E-state index < -0.39 is 6.04 Å². The molecule has 0 bridgehead atoms. The number of anilines is 2. The van der Waals surface area contributed by atoms with E-state index in [1.54, 1.807) is 11.8 Å². The van der Waals surface area contributed by atoms with Crippen LogP contribution in [0.25, 0.3) is 0 Å². The van der Waals surface area contributed by atoms with E-state index in [1.165, 1.54) is 11.3 Å². The van der Waals surface area contributed by atoms with Gasteiger partial charge in [0.25, 0.3) is 5.91 Å². The number of rotatable bonds is 5. The van der Waals surface area contributed by atoms with Crippen LogP contribution in [-0.4, -0.2) is 43.0 Å². The minimum Gasteiger partial charge on any atom is -0.382 e. The van der Waals surface area contributed by atoms with Crippen LogP contribution in [-0.2, 0) is 4.79 Å². The Morgan fingerprint density at radius 2 is 1.85 bits per heavy atom. The van der Waals surface area contributed by atoms with Gasteiger partial charge in [-0.1, -0.05) is 11.3 Å². The highest BCUT2D eigenvalue weighted by Crippen LogP contribution is 2.26. The lowest BCUT2D eigenvalue weighted by Crippen LogP contribution is -2.46. The van der Waals surface area contributed by atoms with Crippen molar-refractivity contribution in [2.24, 2.45) is 0 Å². The van der Waals surface area contributed by atoms with Gasteiger partial charge in [-0.15, -0.1) is 0 Å². The summed E-state index contributed by atoms with van der Waals surface area (Å²) in [5.41, 5.74) is 5.72. The average Bonchev–Trinajstić information content (AvgIpc) is 2.70. The van der Waals surface area contributed by atoms with Crippen LogP contribution in [0.2, 0.25) is 0 Å². The van der Waals surface area contributed by atoms with Crippen LogP contribution in [0, 0.1) is 0 Å². The van der Waals surface area contributed by atoms with Crippen molar-refractivity contribution < 1.29 is 9.59 Å². The van der Waals surface area contributed by atoms with Crippen molar-refractivity contribution >= 4 is 34.1 Å². The fraction of sp³-hybridized carbons (Fsp3) is 0.583. The zero-order valence-corrected chi connectivity index (χ0v) is 13.2. The summed E-state index contributed by atoms with van der Waals surface area (Å²) in [5.74, 6) is -0.448. The Morgan fingerprint density at radius 3 is 2.30 bits per heavy atom. The standard InChI is InChI=1S/C12H21N5O2S/c1-6(2)14-10(18)7(3)15-11(19)8-9(13)16-12(20-8)17(4)5/h6-7H,13H2,1-5H3,(H,14,18)(H,15,19). The first-order valence-electron chi connectivity index (χ1n) is 6.27. The Hall–Kier alpha value is -1.83. The van der Waals surface area contributed by atoms with Crippen molar-refractivity contribution in [3.05, 3.63) is 4.88 Å². The minimum atomic E-state index is -0.630. The molecule has 1 aromatic rings.